The summed E-state index contributed by atoms with van der Waals surface area (Å²) in [6.07, 6.45) is 1.75. The Morgan fingerprint density at radius 3 is 2.74 bits per heavy atom. The van der Waals surface area contributed by atoms with Gasteiger partial charge in [0.2, 0.25) is 0 Å². The Morgan fingerprint density at radius 2 is 2.21 bits per heavy atom. The van der Waals surface area contributed by atoms with Gasteiger partial charge in [0.15, 0.2) is 6.61 Å². The molecule has 1 aromatic carbocycles. The molecule has 0 heterocycles. The van der Waals surface area contributed by atoms with Crippen LogP contribution in [0.1, 0.15) is 10.4 Å². The fourth-order valence-electron chi connectivity index (χ4n) is 1.20. The number of nitrogens with zero attached hydrogens (tertiary/aromatic N) is 1. The van der Waals surface area contributed by atoms with E-state index in [4.69, 9.17) is 5.11 Å². The van der Waals surface area contributed by atoms with Gasteiger partial charge >= 0.3 is 5.97 Å². The highest BCUT2D eigenvalue weighted by Crippen LogP contribution is 2.24. The molecule has 1 aromatic rings. The van der Waals surface area contributed by atoms with Gasteiger partial charge in [-0.3, -0.25) is 19.7 Å². The van der Waals surface area contributed by atoms with Crippen LogP contribution >= 0.6 is 11.8 Å². The second-order valence-electron chi connectivity index (χ2n) is 3.25. The van der Waals surface area contributed by atoms with Gasteiger partial charge in [0, 0.05) is 11.0 Å². The lowest BCUT2D eigenvalue weighted by Gasteiger charge is -2.06. The number of nitro benzene ring substituents is 1. The molecule has 0 radical (unpaired) electrons. The van der Waals surface area contributed by atoms with Crippen molar-refractivity contribution in [2.24, 2.45) is 0 Å². The molecule has 0 spiro atoms. The highest BCUT2D eigenvalue weighted by molar-refractivity contribution is 7.98. The van der Waals surface area contributed by atoms with Crippen LogP contribution in [0, 0.1) is 10.1 Å². The SMILES string of the molecule is CSc1ccc([N+](=O)[O-])c(C(=O)NOCC(=O)O)c1. The average molecular weight is 286 g/mol. The molecule has 8 nitrogen and oxygen atoms in total. The van der Waals surface area contributed by atoms with Crippen LogP contribution in [0.2, 0.25) is 0 Å². The summed E-state index contributed by atoms with van der Waals surface area (Å²) in [5.41, 5.74) is 1.27. The second kappa shape index (κ2) is 6.71. The number of carboxylic acids is 1. The van der Waals surface area contributed by atoms with Gasteiger partial charge in [0.25, 0.3) is 11.6 Å². The van der Waals surface area contributed by atoms with Gasteiger partial charge in [0.05, 0.1) is 4.92 Å². The predicted molar refractivity (Wildman–Crippen MR) is 65.9 cm³/mol. The normalized spacial score (nSPS) is 9.95. The van der Waals surface area contributed by atoms with E-state index in [1.807, 2.05) is 5.48 Å². The van der Waals surface area contributed by atoms with E-state index in [-0.39, 0.29) is 11.3 Å². The highest BCUT2D eigenvalue weighted by atomic mass is 32.2. The maximum atomic E-state index is 11.7. The van der Waals surface area contributed by atoms with Crippen molar-refractivity contribution in [3.63, 3.8) is 0 Å². The summed E-state index contributed by atoms with van der Waals surface area (Å²) in [6.45, 7) is -0.734. The molecule has 19 heavy (non-hydrogen) atoms. The Labute approximate surface area is 111 Å². The van der Waals surface area contributed by atoms with Gasteiger partial charge in [-0.2, -0.15) is 0 Å². The predicted octanol–water partition coefficient (Wildman–Crippen LogP) is 1.06. The molecule has 0 saturated heterocycles. The van der Waals surface area contributed by atoms with Crippen molar-refractivity contribution in [3.8, 4) is 0 Å². The summed E-state index contributed by atoms with van der Waals surface area (Å²) in [6, 6.07) is 4.05. The molecule has 1 rings (SSSR count). The largest absolute Gasteiger partial charge is 0.479 e. The number of rotatable bonds is 6. The van der Waals surface area contributed by atoms with Crippen LogP contribution in [0.3, 0.4) is 0 Å². The maximum Gasteiger partial charge on any atom is 0.332 e. The first kappa shape index (κ1) is 14.9. The Balaban J connectivity index is 2.92. The van der Waals surface area contributed by atoms with Gasteiger partial charge < -0.3 is 5.11 Å². The van der Waals surface area contributed by atoms with E-state index in [1.165, 1.54) is 30.0 Å². The van der Waals surface area contributed by atoms with E-state index in [0.29, 0.717) is 4.90 Å². The number of hydrogen-bond acceptors (Lipinski definition) is 6. The Kier molecular flexibility index (Phi) is 5.27. The Morgan fingerprint density at radius 1 is 1.53 bits per heavy atom. The van der Waals surface area contributed by atoms with E-state index in [1.54, 1.807) is 6.26 Å². The van der Waals surface area contributed by atoms with Crippen molar-refractivity contribution in [1.29, 1.82) is 0 Å². The lowest BCUT2D eigenvalue weighted by molar-refractivity contribution is -0.385. The third kappa shape index (κ3) is 4.23. The van der Waals surface area contributed by atoms with Gasteiger partial charge in [-0.15, -0.1) is 11.8 Å². The number of amides is 1. The smallest absolute Gasteiger partial charge is 0.332 e. The fourth-order valence-corrected chi connectivity index (χ4v) is 1.64. The fraction of sp³-hybridized carbons (Fsp3) is 0.200. The van der Waals surface area contributed by atoms with Crippen LogP contribution in [-0.4, -0.2) is 34.8 Å². The molecular weight excluding hydrogens is 276 g/mol. The molecule has 2 N–H and O–H groups in total. The number of nitro groups is 1. The molecule has 9 heteroatoms. The third-order valence-corrected chi connectivity index (χ3v) is 2.73. The molecule has 1 amide bonds. The molecule has 0 saturated carbocycles. The first-order valence-corrected chi connectivity index (χ1v) is 6.14. The molecule has 0 aliphatic rings. The van der Waals surface area contributed by atoms with E-state index in [2.05, 4.69) is 4.84 Å². The van der Waals surface area contributed by atoms with E-state index in [0.717, 1.165) is 0 Å². The van der Waals surface area contributed by atoms with Gasteiger partial charge in [-0.05, 0) is 18.4 Å². The number of carbonyl (C=O) groups is 2. The average Bonchev–Trinajstić information content (AvgIpc) is 2.37. The van der Waals surface area contributed by atoms with Gasteiger partial charge in [-0.25, -0.2) is 10.3 Å². The molecule has 0 bridgehead atoms. The van der Waals surface area contributed by atoms with Crippen LogP contribution in [0.25, 0.3) is 0 Å². The number of hydroxylamine groups is 1. The van der Waals surface area contributed by atoms with Crippen molar-refractivity contribution < 1.29 is 24.5 Å². The van der Waals surface area contributed by atoms with E-state index >= 15 is 0 Å². The number of benzene rings is 1. The van der Waals surface area contributed by atoms with Crippen LogP contribution < -0.4 is 5.48 Å². The summed E-state index contributed by atoms with van der Waals surface area (Å²) in [5.74, 6) is -2.14. The second-order valence-corrected chi connectivity index (χ2v) is 4.13. The van der Waals surface area contributed by atoms with Crippen molar-refractivity contribution >= 4 is 29.3 Å². The molecule has 0 atom stereocenters. The summed E-state index contributed by atoms with van der Waals surface area (Å²) in [4.78, 5) is 37.0. The van der Waals surface area contributed by atoms with Gasteiger partial charge in [-0.1, -0.05) is 0 Å². The minimum absolute atomic E-state index is 0.192. The number of hydrogen-bond donors (Lipinski definition) is 2. The number of carbonyl (C=O) groups excluding carboxylic acids is 1. The summed E-state index contributed by atoms with van der Waals surface area (Å²) < 4.78 is 0. The quantitative estimate of drug-likeness (QED) is 0.456. The standard InChI is InChI=1S/C10H10N2O6S/c1-19-6-2-3-8(12(16)17)7(4-6)10(15)11-18-5-9(13)14/h2-4H,5H2,1H3,(H,11,15)(H,13,14). The van der Waals surface area contributed by atoms with Crippen molar-refractivity contribution in [1.82, 2.24) is 5.48 Å². The van der Waals surface area contributed by atoms with Crippen LogP contribution in [0.15, 0.2) is 23.1 Å². The van der Waals surface area contributed by atoms with Crippen LogP contribution in [-0.2, 0) is 9.63 Å². The van der Waals surface area contributed by atoms with Crippen molar-refractivity contribution in [2.45, 2.75) is 4.90 Å². The number of carboxylic acid groups (broad SMARTS) is 1. The summed E-state index contributed by atoms with van der Waals surface area (Å²) in [5, 5.41) is 19.1. The lowest BCUT2D eigenvalue weighted by Crippen LogP contribution is -2.27. The lowest BCUT2D eigenvalue weighted by atomic mass is 10.2. The molecule has 102 valence electrons. The van der Waals surface area contributed by atoms with Gasteiger partial charge in [0.1, 0.15) is 5.56 Å². The Hall–Kier alpha value is -2.13. The Bertz CT molecular complexity index is 519. The zero-order valence-corrected chi connectivity index (χ0v) is 10.6. The monoisotopic (exact) mass is 286 g/mol. The molecule has 0 fully saturated rings. The van der Waals surface area contributed by atoms with Crippen molar-refractivity contribution in [3.05, 3.63) is 33.9 Å². The zero-order chi connectivity index (χ0) is 14.4. The van der Waals surface area contributed by atoms with Crippen LogP contribution in [0.4, 0.5) is 5.69 Å². The maximum absolute atomic E-state index is 11.7. The molecule has 0 aliphatic heterocycles. The van der Waals surface area contributed by atoms with E-state index < -0.39 is 23.4 Å². The molecular formula is C10H10N2O6S. The molecule has 0 unspecified atom stereocenters. The van der Waals surface area contributed by atoms with Crippen molar-refractivity contribution in [2.75, 3.05) is 12.9 Å². The number of aliphatic carboxylic acids is 1. The summed E-state index contributed by atoms with van der Waals surface area (Å²) >= 11 is 1.31. The molecule has 0 aromatic heterocycles. The van der Waals surface area contributed by atoms with E-state index in [9.17, 15) is 19.7 Å². The number of nitrogens with one attached hydrogen (secondary N) is 1. The topological polar surface area (TPSA) is 119 Å². The minimum Gasteiger partial charge on any atom is -0.479 e. The summed E-state index contributed by atoms with van der Waals surface area (Å²) in [7, 11) is 0. The first-order chi connectivity index (χ1) is 8.95. The zero-order valence-electron chi connectivity index (χ0n) is 9.78. The molecule has 0 aliphatic carbocycles. The minimum atomic E-state index is -1.27. The first-order valence-electron chi connectivity index (χ1n) is 4.92. The van der Waals surface area contributed by atoms with Crippen LogP contribution in [0.5, 0.6) is 0 Å². The third-order valence-electron chi connectivity index (χ3n) is 2.01. The number of thioether (sulfide) groups is 1. The highest BCUT2D eigenvalue weighted by Gasteiger charge is 2.20.